The van der Waals surface area contributed by atoms with Crippen LogP contribution in [0, 0.1) is 0 Å². The highest BCUT2D eigenvalue weighted by molar-refractivity contribution is 7.88. The number of nitrogens with zero attached hydrogens (tertiary/aromatic N) is 2. The average Bonchev–Trinajstić information content (AvgIpc) is 2.58. The van der Waals surface area contributed by atoms with Crippen molar-refractivity contribution in [2.24, 2.45) is 0 Å². The number of likely N-dealkylation sites (tertiary alicyclic amines) is 1. The quantitative estimate of drug-likeness (QED) is 0.914. The number of nitrogens with one attached hydrogen (secondary N) is 1. The number of amides is 1. The van der Waals surface area contributed by atoms with E-state index in [1.807, 2.05) is 30.3 Å². The Morgan fingerprint density at radius 3 is 2.83 bits per heavy atom. The van der Waals surface area contributed by atoms with Gasteiger partial charge in [0.1, 0.15) is 5.69 Å². The van der Waals surface area contributed by atoms with Gasteiger partial charge in [-0.15, -0.1) is 0 Å². The first kappa shape index (κ1) is 16.9. The molecule has 128 valence electrons. The van der Waals surface area contributed by atoms with E-state index in [-0.39, 0.29) is 18.5 Å². The van der Waals surface area contributed by atoms with Crippen LogP contribution in [0.4, 0.5) is 0 Å². The molecule has 7 heteroatoms. The molecule has 1 aromatic carbocycles. The molecule has 2 aromatic rings. The summed E-state index contributed by atoms with van der Waals surface area (Å²) in [6.45, 7) is 0.877. The molecule has 0 aliphatic carbocycles. The van der Waals surface area contributed by atoms with Crippen LogP contribution in [0.15, 0.2) is 36.4 Å². The summed E-state index contributed by atoms with van der Waals surface area (Å²) in [7, 11) is -3.27. The van der Waals surface area contributed by atoms with Gasteiger partial charge in [0, 0.05) is 24.5 Å². The van der Waals surface area contributed by atoms with E-state index in [4.69, 9.17) is 0 Å². The second-order valence-electron chi connectivity index (χ2n) is 6.16. The van der Waals surface area contributed by atoms with Gasteiger partial charge in [0.25, 0.3) is 5.91 Å². The Labute approximate surface area is 141 Å². The highest BCUT2D eigenvalue weighted by Gasteiger charge is 2.28. The van der Waals surface area contributed by atoms with Crippen LogP contribution >= 0.6 is 0 Å². The molecule has 3 rings (SSSR count). The maximum atomic E-state index is 12.9. The minimum atomic E-state index is -3.27. The summed E-state index contributed by atoms with van der Waals surface area (Å²) in [4.78, 5) is 19.1. The predicted octanol–water partition coefficient (Wildman–Crippen LogP) is 1.78. The molecule has 0 spiro atoms. The lowest BCUT2D eigenvalue weighted by Crippen LogP contribution is -2.49. The second-order valence-corrected chi connectivity index (χ2v) is 7.99. The summed E-state index contributed by atoms with van der Waals surface area (Å²) in [5, 5.41) is 0.989. The number of piperidine rings is 1. The van der Waals surface area contributed by atoms with E-state index in [2.05, 4.69) is 9.71 Å². The van der Waals surface area contributed by atoms with Gasteiger partial charge in [0.15, 0.2) is 0 Å². The van der Waals surface area contributed by atoms with E-state index in [1.54, 1.807) is 11.0 Å². The van der Waals surface area contributed by atoms with Gasteiger partial charge in [-0.3, -0.25) is 4.79 Å². The molecule has 1 aromatic heterocycles. The summed E-state index contributed by atoms with van der Waals surface area (Å²) in [5.74, 6) is -0.138. The number of rotatable bonds is 4. The van der Waals surface area contributed by atoms with Crippen LogP contribution in [0.5, 0.6) is 0 Å². The molecule has 6 nitrogen and oxygen atoms in total. The maximum Gasteiger partial charge on any atom is 0.272 e. The number of carbonyl (C=O) groups excluding carboxylic acids is 1. The number of aromatic nitrogens is 1. The average molecular weight is 347 g/mol. The number of benzene rings is 1. The van der Waals surface area contributed by atoms with Gasteiger partial charge in [-0.25, -0.2) is 18.1 Å². The van der Waals surface area contributed by atoms with E-state index >= 15 is 0 Å². The first-order valence-electron chi connectivity index (χ1n) is 8.05. The zero-order valence-corrected chi connectivity index (χ0v) is 14.4. The molecular formula is C17H21N3O3S. The Hall–Kier alpha value is -1.99. The third-order valence-electron chi connectivity index (χ3n) is 4.29. The molecule has 1 saturated heterocycles. The van der Waals surface area contributed by atoms with Crippen molar-refractivity contribution < 1.29 is 13.2 Å². The number of hydrogen-bond donors (Lipinski definition) is 1. The van der Waals surface area contributed by atoms with Crippen molar-refractivity contribution in [3.63, 3.8) is 0 Å². The first-order chi connectivity index (χ1) is 11.4. The Bertz CT molecular complexity index is 851. The lowest BCUT2D eigenvalue weighted by molar-refractivity contribution is 0.0613. The van der Waals surface area contributed by atoms with Crippen molar-refractivity contribution in [1.29, 1.82) is 0 Å². The summed E-state index contributed by atoms with van der Waals surface area (Å²) < 4.78 is 25.2. The molecule has 2 heterocycles. The van der Waals surface area contributed by atoms with Crippen molar-refractivity contribution >= 4 is 26.8 Å². The topological polar surface area (TPSA) is 79.4 Å². The molecule has 1 aliphatic rings. The minimum absolute atomic E-state index is 0.130. The molecule has 24 heavy (non-hydrogen) atoms. The van der Waals surface area contributed by atoms with Gasteiger partial charge < -0.3 is 4.90 Å². The second kappa shape index (κ2) is 6.86. The van der Waals surface area contributed by atoms with Crippen molar-refractivity contribution in [2.75, 3.05) is 19.3 Å². The van der Waals surface area contributed by atoms with Crippen LogP contribution < -0.4 is 4.72 Å². The largest absolute Gasteiger partial charge is 0.333 e. The third kappa shape index (κ3) is 3.91. The fourth-order valence-corrected chi connectivity index (χ4v) is 3.56. The normalized spacial score (nSPS) is 18.7. The van der Waals surface area contributed by atoms with Crippen molar-refractivity contribution in [3.8, 4) is 0 Å². The van der Waals surface area contributed by atoms with Gasteiger partial charge in [-0.05, 0) is 31.4 Å². The van der Waals surface area contributed by atoms with Crippen LogP contribution in [0.3, 0.4) is 0 Å². The molecule has 0 bridgehead atoms. The van der Waals surface area contributed by atoms with E-state index in [0.717, 1.165) is 36.4 Å². The number of carbonyl (C=O) groups is 1. The van der Waals surface area contributed by atoms with Crippen LogP contribution in [-0.4, -0.2) is 49.6 Å². The van der Waals surface area contributed by atoms with Gasteiger partial charge in [0.05, 0.1) is 11.8 Å². The van der Waals surface area contributed by atoms with Crippen LogP contribution in [-0.2, 0) is 10.0 Å². The fourth-order valence-electron chi connectivity index (χ4n) is 3.06. The molecular weight excluding hydrogens is 326 g/mol. The van der Waals surface area contributed by atoms with E-state index in [0.29, 0.717) is 12.2 Å². The monoisotopic (exact) mass is 347 g/mol. The Morgan fingerprint density at radius 1 is 1.25 bits per heavy atom. The molecule has 1 aliphatic heterocycles. The van der Waals surface area contributed by atoms with Gasteiger partial charge in [0.2, 0.25) is 10.0 Å². The summed E-state index contributed by atoms with van der Waals surface area (Å²) in [6.07, 6.45) is 3.84. The Balaban J connectivity index is 1.82. The summed E-state index contributed by atoms with van der Waals surface area (Å²) in [5.41, 5.74) is 1.19. The van der Waals surface area contributed by atoms with E-state index < -0.39 is 10.0 Å². The lowest BCUT2D eigenvalue weighted by atomic mass is 10.0. The standard InChI is InChI=1S/C17H21N3O3S/c1-24(22,23)18-12-14-7-4-5-11-20(14)17(21)16-10-9-13-6-2-3-8-15(13)19-16/h2-3,6,8-10,14,18H,4-5,7,11-12H2,1H3/t14-/m0/s1. The SMILES string of the molecule is CS(=O)(=O)NC[C@@H]1CCCCN1C(=O)c1ccc2ccccc2n1. The Kier molecular flexibility index (Phi) is 4.82. The Morgan fingerprint density at radius 2 is 2.04 bits per heavy atom. The van der Waals surface area contributed by atoms with Crippen LogP contribution in [0.25, 0.3) is 10.9 Å². The maximum absolute atomic E-state index is 12.9. The zero-order chi connectivity index (χ0) is 17.2. The molecule has 0 unspecified atom stereocenters. The smallest absolute Gasteiger partial charge is 0.272 e. The number of hydrogen-bond acceptors (Lipinski definition) is 4. The number of para-hydroxylation sites is 1. The summed E-state index contributed by atoms with van der Waals surface area (Å²) >= 11 is 0. The highest BCUT2D eigenvalue weighted by atomic mass is 32.2. The van der Waals surface area contributed by atoms with Crippen molar-refractivity contribution in [3.05, 3.63) is 42.1 Å². The molecule has 1 atom stereocenters. The molecule has 0 radical (unpaired) electrons. The number of pyridine rings is 1. The van der Waals surface area contributed by atoms with Gasteiger partial charge in [-0.1, -0.05) is 24.3 Å². The fraction of sp³-hybridized carbons (Fsp3) is 0.412. The number of sulfonamides is 1. The van der Waals surface area contributed by atoms with Crippen LogP contribution in [0.1, 0.15) is 29.8 Å². The highest BCUT2D eigenvalue weighted by Crippen LogP contribution is 2.20. The zero-order valence-electron chi connectivity index (χ0n) is 13.6. The lowest BCUT2D eigenvalue weighted by Gasteiger charge is -2.35. The molecule has 1 amide bonds. The third-order valence-corrected chi connectivity index (χ3v) is 4.98. The van der Waals surface area contributed by atoms with Crippen LogP contribution in [0.2, 0.25) is 0 Å². The van der Waals surface area contributed by atoms with E-state index in [9.17, 15) is 13.2 Å². The minimum Gasteiger partial charge on any atom is -0.333 e. The van der Waals surface area contributed by atoms with Gasteiger partial charge in [-0.2, -0.15) is 0 Å². The van der Waals surface area contributed by atoms with Crippen molar-refractivity contribution in [2.45, 2.75) is 25.3 Å². The van der Waals surface area contributed by atoms with Gasteiger partial charge >= 0.3 is 0 Å². The molecule has 1 N–H and O–H groups in total. The first-order valence-corrected chi connectivity index (χ1v) is 9.94. The van der Waals surface area contributed by atoms with Crippen molar-refractivity contribution in [1.82, 2.24) is 14.6 Å². The number of fused-ring (bicyclic) bond motifs is 1. The molecule has 0 saturated carbocycles. The molecule has 1 fully saturated rings. The predicted molar refractivity (Wildman–Crippen MR) is 93.3 cm³/mol. The summed E-state index contributed by atoms with van der Waals surface area (Å²) in [6, 6.07) is 11.2. The van der Waals surface area contributed by atoms with E-state index in [1.165, 1.54) is 0 Å².